The van der Waals surface area contributed by atoms with Gasteiger partial charge < -0.3 is 19.9 Å². The molecule has 6 heteroatoms. The smallest absolute Gasteiger partial charge is 0.290 e. The van der Waals surface area contributed by atoms with Gasteiger partial charge in [0.15, 0.2) is 0 Å². The van der Waals surface area contributed by atoms with Crippen molar-refractivity contribution in [2.45, 2.75) is 6.92 Å². The topological polar surface area (TPSA) is 72.5 Å². The van der Waals surface area contributed by atoms with E-state index in [9.17, 15) is 0 Å². The maximum atomic E-state index is 8.36. The minimum Gasteiger partial charge on any atom is -0.483 e. The van der Waals surface area contributed by atoms with Crippen molar-refractivity contribution in [1.29, 1.82) is 0 Å². The second-order valence-corrected chi connectivity index (χ2v) is 6.18. The maximum Gasteiger partial charge on any atom is 0.290 e. The van der Waals surface area contributed by atoms with Crippen molar-refractivity contribution in [3.63, 3.8) is 0 Å². The maximum absolute atomic E-state index is 8.36. The standard InChI is InChI=1S/C19H22N4.CH2O2/c1-2-22-10-12-23(13-11-22)16-7-5-6-15(14-16)19-20-17-8-3-4-9-18(17)21-19;2-1-3/h3-9,14H,2,10-13H2,1H3,(H,20,21);1H,(H,2,3). The Morgan fingerprint density at radius 2 is 1.85 bits per heavy atom. The van der Waals surface area contributed by atoms with Gasteiger partial charge in [0.1, 0.15) is 5.82 Å². The highest BCUT2D eigenvalue weighted by atomic mass is 16.3. The van der Waals surface area contributed by atoms with Crippen LogP contribution < -0.4 is 4.90 Å². The van der Waals surface area contributed by atoms with Gasteiger partial charge in [-0.1, -0.05) is 31.2 Å². The molecule has 1 saturated heterocycles. The second-order valence-electron chi connectivity index (χ2n) is 6.18. The molecule has 0 atom stereocenters. The van der Waals surface area contributed by atoms with Gasteiger partial charge in [-0.05, 0) is 30.8 Å². The number of fused-ring (bicyclic) bond motifs is 1. The zero-order chi connectivity index (χ0) is 18.4. The minimum atomic E-state index is -0.250. The highest BCUT2D eigenvalue weighted by molar-refractivity contribution is 5.79. The summed E-state index contributed by atoms with van der Waals surface area (Å²) in [7, 11) is 0. The van der Waals surface area contributed by atoms with E-state index in [0.717, 1.165) is 55.1 Å². The number of nitrogens with one attached hydrogen (secondary N) is 1. The molecular formula is C20H24N4O2. The number of hydrogen-bond donors (Lipinski definition) is 2. The average molecular weight is 352 g/mol. The van der Waals surface area contributed by atoms with Gasteiger partial charge in [-0.25, -0.2) is 4.98 Å². The van der Waals surface area contributed by atoms with Crippen LogP contribution in [0.25, 0.3) is 22.4 Å². The van der Waals surface area contributed by atoms with Crippen molar-refractivity contribution in [3.8, 4) is 11.4 Å². The molecule has 26 heavy (non-hydrogen) atoms. The van der Waals surface area contributed by atoms with Gasteiger partial charge in [-0.2, -0.15) is 0 Å². The zero-order valence-corrected chi connectivity index (χ0v) is 14.9. The monoisotopic (exact) mass is 352 g/mol. The van der Waals surface area contributed by atoms with Crippen LogP contribution in [-0.4, -0.2) is 59.2 Å². The molecule has 2 aromatic carbocycles. The van der Waals surface area contributed by atoms with E-state index in [1.807, 2.05) is 18.2 Å². The predicted octanol–water partition coefficient (Wildman–Crippen LogP) is 3.07. The number of aromatic amines is 1. The number of imidazole rings is 1. The Kier molecular flexibility index (Phi) is 5.86. The first-order valence-electron chi connectivity index (χ1n) is 8.85. The number of H-pyrrole nitrogens is 1. The number of nitrogens with zero attached hydrogens (tertiary/aromatic N) is 3. The normalized spacial score (nSPS) is 14.7. The molecule has 136 valence electrons. The van der Waals surface area contributed by atoms with Gasteiger partial charge in [0, 0.05) is 37.4 Å². The van der Waals surface area contributed by atoms with Crippen LogP contribution in [0.5, 0.6) is 0 Å². The fourth-order valence-corrected chi connectivity index (χ4v) is 3.26. The molecule has 0 unspecified atom stereocenters. The van der Waals surface area contributed by atoms with Gasteiger partial charge >= 0.3 is 0 Å². The van der Waals surface area contributed by atoms with Crippen LogP contribution in [0.15, 0.2) is 48.5 Å². The average Bonchev–Trinajstić information content (AvgIpc) is 3.13. The Hall–Kier alpha value is -2.86. The molecule has 2 N–H and O–H groups in total. The molecule has 0 bridgehead atoms. The van der Waals surface area contributed by atoms with Crippen molar-refractivity contribution in [3.05, 3.63) is 48.5 Å². The fraction of sp³-hybridized carbons (Fsp3) is 0.300. The first-order valence-corrected chi connectivity index (χ1v) is 8.85. The molecule has 4 rings (SSSR count). The molecule has 1 aromatic heterocycles. The molecule has 2 heterocycles. The number of para-hydroxylation sites is 2. The van der Waals surface area contributed by atoms with E-state index < -0.39 is 0 Å². The number of anilines is 1. The van der Waals surface area contributed by atoms with Gasteiger partial charge in [0.25, 0.3) is 6.47 Å². The SMILES string of the molecule is CCN1CCN(c2cccc(-c3nc4ccccc4[nH]3)c2)CC1.O=CO. The number of carbonyl (C=O) groups is 1. The third-order valence-corrected chi connectivity index (χ3v) is 4.69. The van der Waals surface area contributed by atoms with Crippen molar-refractivity contribution in [2.75, 3.05) is 37.6 Å². The van der Waals surface area contributed by atoms with E-state index in [0.29, 0.717) is 0 Å². The van der Waals surface area contributed by atoms with Crippen LogP contribution in [0.4, 0.5) is 5.69 Å². The number of aromatic nitrogens is 2. The number of carboxylic acid groups (broad SMARTS) is 1. The molecule has 6 nitrogen and oxygen atoms in total. The summed E-state index contributed by atoms with van der Waals surface area (Å²) in [5.41, 5.74) is 4.55. The Balaban J connectivity index is 0.000000613. The summed E-state index contributed by atoms with van der Waals surface area (Å²) in [6.07, 6.45) is 0. The highest BCUT2D eigenvalue weighted by Crippen LogP contribution is 2.25. The molecule has 0 radical (unpaired) electrons. The second kappa shape index (κ2) is 8.49. The number of rotatable bonds is 3. The summed E-state index contributed by atoms with van der Waals surface area (Å²) in [4.78, 5) is 21.5. The Morgan fingerprint density at radius 3 is 2.54 bits per heavy atom. The first-order chi connectivity index (χ1) is 12.7. The number of likely N-dealkylation sites (N-methyl/N-ethyl adjacent to an activating group) is 1. The molecule has 0 amide bonds. The lowest BCUT2D eigenvalue weighted by atomic mass is 10.1. The predicted molar refractivity (Wildman–Crippen MR) is 105 cm³/mol. The number of hydrogen-bond acceptors (Lipinski definition) is 4. The fourth-order valence-electron chi connectivity index (χ4n) is 3.26. The lowest BCUT2D eigenvalue weighted by molar-refractivity contribution is -0.122. The van der Waals surface area contributed by atoms with Crippen molar-refractivity contribution in [1.82, 2.24) is 14.9 Å². The molecule has 0 aliphatic carbocycles. The first kappa shape index (κ1) is 17.9. The number of piperazine rings is 1. The molecular weight excluding hydrogens is 328 g/mol. The molecule has 1 aliphatic heterocycles. The van der Waals surface area contributed by atoms with Gasteiger partial charge in [0.2, 0.25) is 0 Å². The van der Waals surface area contributed by atoms with Crippen molar-refractivity contribution >= 4 is 23.2 Å². The van der Waals surface area contributed by atoms with Gasteiger partial charge in [0.05, 0.1) is 11.0 Å². The molecule has 0 spiro atoms. The van der Waals surface area contributed by atoms with E-state index in [1.54, 1.807) is 0 Å². The summed E-state index contributed by atoms with van der Waals surface area (Å²) in [5.74, 6) is 0.945. The Labute approximate surface area is 153 Å². The van der Waals surface area contributed by atoms with Gasteiger partial charge in [-0.3, -0.25) is 4.79 Å². The highest BCUT2D eigenvalue weighted by Gasteiger charge is 2.16. The Morgan fingerprint density at radius 1 is 1.12 bits per heavy atom. The molecule has 1 aliphatic rings. The van der Waals surface area contributed by atoms with Crippen LogP contribution in [0.1, 0.15) is 6.92 Å². The summed E-state index contributed by atoms with van der Waals surface area (Å²) in [5, 5.41) is 6.89. The van der Waals surface area contributed by atoms with Crippen molar-refractivity contribution in [2.24, 2.45) is 0 Å². The summed E-state index contributed by atoms with van der Waals surface area (Å²) >= 11 is 0. The lowest BCUT2D eigenvalue weighted by Crippen LogP contribution is -2.46. The van der Waals surface area contributed by atoms with E-state index in [4.69, 9.17) is 14.9 Å². The largest absolute Gasteiger partial charge is 0.483 e. The third kappa shape index (κ3) is 4.03. The van der Waals surface area contributed by atoms with E-state index in [1.165, 1.54) is 5.69 Å². The van der Waals surface area contributed by atoms with Crippen LogP contribution in [0, 0.1) is 0 Å². The zero-order valence-electron chi connectivity index (χ0n) is 14.9. The van der Waals surface area contributed by atoms with E-state index in [2.05, 4.69) is 52.0 Å². The van der Waals surface area contributed by atoms with Crippen LogP contribution >= 0.6 is 0 Å². The summed E-state index contributed by atoms with van der Waals surface area (Å²) in [6, 6.07) is 16.9. The lowest BCUT2D eigenvalue weighted by Gasteiger charge is -2.35. The molecule has 1 fully saturated rings. The third-order valence-electron chi connectivity index (χ3n) is 4.69. The van der Waals surface area contributed by atoms with E-state index >= 15 is 0 Å². The molecule has 3 aromatic rings. The van der Waals surface area contributed by atoms with Crippen LogP contribution in [0.2, 0.25) is 0 Å². The van der Waals surface area contributed by atoms with E-state index in [-0.39, 0.29) is 6.47 Å². The van der Waals surface area contributed by atoms with Crippen LogP contribution in [-0.2, 0) is 4.79 Å². The van der Waals surface area contributed by atoms with Crippen molar-refractivity contribution < 1.29 is 9.90 Å². The summed E-state index contributed by atoms with van der Waals surface area (Å²) in [6.45, 7) is 7.61. The number of benzene rings is 2. The Bertz CT molecular complexity index is 821. The minimum absolute atomic E-state index is 0.250. The summed E-state index contributed by atoms with van der Waals surface area (Å²) < 4.78 is 0. The quantitative estimate of drug-likeness (QED) is 0.709. The molecule has 0 saturated carbocycles. The van der Waals surface area contributed by atoms with Crippen LogP contribution in [0.3, 0.4) is 0 Å². The van der Waals surface area contributed by atoms with Gasteiger partial charge in [-0.15, -0.1) is 0 Å².